The van der Waals surface area contributed by atoms with Gasteiger partial charge in [-0.3, -0.25) is 4.90 Å². The molecule has 7 nitrogen and oxygen atoms in total. The Bertz CT molecular complexity index is 2230. The summed E-state index contributed by atoms with van der Waals surface area (Å²) in [5.41, 5.74) is 3.00. The van der Waals surface area contributed by atoms with Gasteiger partial charge in [0.15, 0.2) is 5.82 Å². The van der Waals surface area contributed by atoms with E-state index >= 15 is 22.0 Å². The van der Waals surface area contributed by atoms with Crippen LogP contribution in [0.1, 0.15) is 56.1 Å². The first kappa shape index (κ1) is 33.3. The van der Waals surface area contributed by atoms with Crippen molar-refractivity contribution in [3.8, 4) is 29.5 Å². The average Bonchev–Trinajstić information content (AvgIpc) is 3.73. The highest BCUT2D eigenvalue weighted by molar-refractivity contribution is 6.06. The van der Waals surface area contributed by atoms with Gasteiger partial charge in [-0.05, 0) is 98.2 Å². The Labute approximate surface area is 296 Å². The Morgan fingerprint density at radius 3 is 2.69 bits per heavy atom. The van der Waals surface area contributed by atoms with Gasteiger partial charge in [0.1, 0.15) is 23.8 Å². The first-order valence-electron chi connectivity index (χ1n) is 17.7. The summed E-state index contributed by atoms with van der Waals surface area (Å²) in [7, 11) is 0. The number of halogens is 6. The molecule has 3 atom stereocenters. The molecule has 0 amide bonds. The van der Waals surface area contributed by atoms with Gasteiger partial charge >= 0.3 is 12.2 Å². The first-order chi connectivity index (χ1) is 24.9. The van der Waals surface area contributed by atoms with Gasteiger partial charge in [-0.2, -0.15) is 23.1 Å². The molecule has 5 aliphatic rings. The lowest BCUT2D eigenvalue weighted by Crippen LogP contribution is -2.61. The molecule has 2 bridgehead atoms. The molecule has 4 aliphatic heterocycles. The quantitative estimate of drug-likeness (QED) is 0.122. The zero-order valence-corrected chi connectivity index (χ0v) is 28.2. The molecule has 0 spiro atoms. The molecule has 0 radical (unpaired) electrons. The van der Waals surface area contributed by atoms with Crippen molar-refractivity contribution >= 4 is 33.2 Å². The molecule has 5 heterocycles. The number of rotatable bonds is 6. The Balaban J connectivity index is 1.26. The van der Waals surface area contributed by atoms with Crippen molar-refractivity contribution in [2.24, 2.45) is 5.92 Å². The van der Waals surface area contributed by atoms with E-state index in [9.17, 15) is 4.39 Å². The maximum absolute atomic E-state index is 17.4. The maximum Gasteiger partial charge on any atom is 0.417 e. The Morgan fingerprint density at radius 1 is 1.12 bits per heavy atom. The molecular formula is C39H36F6N6O. The zero-order valence-electron chi connectivity index (χ0n) is 28.2. The normalized spacial score (nSPS) is 26.8. The fourth-order valence-corrected chi connectivity index (χ4v) is 9.60. The lowest BCUT2D eigenvalue weighted by molar-refractivity contribution is -0.137. The molecule has 1 saturated carbocycles. The number of anilines is 2. The maximum atomic E-state index is 17.4. The van der Waals surface area contributed by atoms with Crippen LogP contribution in [0.4, 0.5) is 37.8 Å². The lowest BCUT2D eigenvalue weighted by Gasteiger charge is -2.42. The standard InChI is InChI=1S/C39H36F6N6O/c1-2-26-30(41)7-4-22-12-24(46)13-27(31(22)26)32-29(39(43,44)45)14-28-34(33(32)42)47-36(52-20-37-9-3-11-51(37)17-21(15-37)16-40)48-35(28)50-18-25-8-10-38(19-50,49-25)23-5-6-23/h1,4,7,12-14,16,23,25,49H,3,5-6,8-11,15,17-20,46H2/b21-16-/t25-,37-,38+/m0/s1. The lowest BCUT2D eigenvalue weighted by atomic mass is 9.89. The van der Waals surface area contributed by atoms with Crippen LogP contribution in [0.2, 0.25) is 0 Å². The number of alkyl halides is 3. The second kappa shape index (κ2) is 11.7. The van der Waals surface area contributed by atoms with Crippen LogP contribution in [0.5, 0.6) is 6.01 Å². The molecule has 1 aromatic heterocycles. The van der Waals surface area contributed by atoms with Crippen LogP contribution in [-0.2, 0) is 6.18 Å². The van der Waals surface area contributed by atoms with Gasteiger partial charge in [-0.1, -0.05) is 12.0 Å². The van der Waals surface area contributed by atoms with Crippen molar-refractivity contribution in [1.29, 1.82) is 0 Å². The molecule has 3 aromatic carbocycles. The molecule has 270 valence electrons. The second-order valence-electron chi connectivity index (χ2n) is 15.2. The molecular weight excluding hydrogens is 682 g/mol. The summed E-state index contributed by atoms with van der Waals surface area (Å²) >= 11 is 0. The number of ether oxygens (including phenoxy) is 1. The van der Waals surface area contributed by atoms with Gasteiger partial charge in [0.25, 0.3) is 0 Å². The van der Waals surface area contributed by atoms with Gasteiger partial charge in [0.05, 0.1) is 23.0 Å². The van der Waals surface area contributed by atoms with Crippen molar-refractivity contribution < 1.29 is 31.1 Å². The van der Waals surface area contributed by atoms with Crippen LogP contribution in [0, 0.1) is 29.9 Å². The molecule has 3 N–H and O–H groups in total. The van der Waals surface area contributed by atoms with E-state index in [4.69, 9.17) is 21.9 Å². The van der Waals surface area contributed by atoms with Crippen molar-refractivity contribution in [3.63, 3.8) is 0 Å². The zero-order chi connectivity index (χ0) is 36.2. The van der Waals surface area contributed by atoms with Crippen molar-refractivity contribution in [3.05, 3.63) is 65.0 Å². The molecule has 1 aliphatic carbocycles. The number of nitrogens with one attached hydrogen (secondary N) is 1. The second-order valence-corrected chi connectivity index (χ2v) is 15.2. The number of nitrogen functional groups attached to an aromatic ring is 1. The monoisotopic (exact) mass is 718 g/mol. The summed E-state index contributed by atoms with van der Waals surface area (Å²) < 4.78 is 98.0. The third-order valence-electron chi connectivity index (χ3n) is 12.0. The highest BCUT2D eigenvalue weighted by atomic mass is 19.4. The number of fused-ring (bicyclic) bond motifs is 5. The van der Waals surface area contributed by atoms with Crippen LogP contribution in [0.3, 0.4) is 0 Å². The predicted octanol–water partition coefficient (Wildman–Crippen LogP) is 7.50. The van der Waals surface area contributed by atoms with Crippen molar-refractivity contribution in [2.75, 3.05) is 43.4 Å². The minimum Gasteiger partial charge on any atom is -0.461 e. The van der Waals surface area contributed by atoms with Crippen LogP contribution < -0.4 is 20.7 Å². The van der Waals surface area contributed by atoms with Gasteiger partial charge < -0.3 is 20.7 Å². The van der Waals surface area contributed by atoms with Crippen LogP contribution in [-0.4, -0.2) is 64.8 Å². The molecule has 4 aromatic rings. The van der Waals surface area contributed by atoms with Crippen molar-refractivity contribution in [1.82, 2.24) is 20.2 Å². The summed E-state index contributed by atoms with van der Waals surface area (Å²) in [5.74, 6) is 0.703. The summed E-state index contributed by atoms with van der Waals surface area (Å²) in [6, 6.07) is 5.85. The molecule has 52 heavy (non-hydrogen) atoms. The summed E-state index contributed by atoms with van der Waals surface area (Å²) in [6.07, 6.45) is 7.30. The van der Waals surface area contributed by atoms with E-state index in [2.05, 4.69) is 21.1 Å². The highest BCUT2D eigenvalue weighted by Crippen LogP contribution is 2.50. The van der Waals surface area contributed by atoms with E-state index in [0.717, 1.165) is 57.2 Å². The minimum absolute atomic E-state index is 0.0393. The number of benzene rings is 3. The SMILES string of the molecule is C#Cc1c(F)ccc2cc(N)cc(-c3c(C(F)(F)F)cc4c(N5C[C@@H]6CC[C@](C7CC7)(C5)N6)nc(OC[C@@]56CCCN5C/C(=C\F)C6)nc4c3F)c12. The molecule has 13 heteroatoms. The van der Waals surface area contributed by atoms with Crippen LogP contribution >= 0.6 is 0 Å². The number of hydrogen-bond acceptors (Lipinski definition) is 7. The largest absolute Gasteiger partial charge is 0.461 e. The Hall–Kier alpha value is -4.54. The predicted molar refractivity (Wildman–Crippen MR) is 186 cm³/mol. The Morgan fingerprint density at radius 2 is 1.94 bits per heavy atom. The number of nitrogens with two attached hydrogens (primary N) is 1. The van der Waals surface area contributed by atoms with E-state index in [1.807, 2.05) is 4.90 Å². The van der Waals surface area contributed by atoms with Crippen LogP contribution in [0.15, 0.2) is 42.2 Å². The minimum atomic E-state index is -5.05. The number of aromatic nitrogens is 2. The first-order valence-corrected chi connectivity index (χ1v) is 17.7. The van der Waals surface area contributed by atoms with Gasteiger partial charge in [-0.25, -0.2) is 13.2 Å². The van der Waals surface area contributed by atoms with E-state index in [-0.39, 0.29) is 68.5 Å². The fourth-order valence-electron chi connectivity index (χ4n) is 9.60. The average molecular weight is 719 g/mol. The van der Waals surface area contributed by atoms with E-state index in [0.29, 0.717) is 43.9 Å². The topological polar surface area (TPSA) is 79.5 Å². The smallest absolute Gasteiger partial charge is 0.417 e. The highest BCUT2D eigenvalue weighted by Gasteiger charge is 2.53. The molecule has 9 rings (SSSR count). The fraction of sp³-hybridized carbons (Fsp3) is 0.436. The third-order valence-corrected chi connectivity index (χ3v) is 12.0. The summed E-state index contributed by atoms with van der Waals surface area (Å²) in [6.45, 7) is 2.27. The van der Waals surface area contributed by atoms with Crippen LogP contribution in [0.25, 0.3) is 32.8 Å². The van der Waals surface area contributed by atoms with E-state index in [1.54, 1.807) is 0 Å². The van der Waals surface area contributed by atoms with E-state index in [1.165, 1.54) is 18.2 Å². The third kappa shape index (κ3) is 5.20. The Kier molecular flexibility index (Phi) is 7.52. The number of piperazine rings is 1. The van der Waals surface area contributed by atoms with Gasteiger partial charge in [0, 0.05) is 53.2 Å². The van der Waals surface area contributed by atoms with Crippen molar-refractivity contribution in [2.45, 2.75) is 68.2 Å². The number of nitrogens with zero attached hydrogens (tertiary/aromatic N) is 4. The molecule has 4 saturated heterocycles. The van der Waals surface area contributed by atoms with Gasteiger partial charge in [0.2, 0.25) is 0 Å². The number of terminal acetylenes is 1. The summed E-state index contributed by atoms with van der Waals surface area (Å²) in [5, 5.41) is 3.83. The number of hydrogen-bond donors (Lipinski definition) is 2. The van der Waals surface area contributed by atoms with E-state index < -0.39 is 34.5 Å². The summed E-state index contributed by atoms with van der Waals surface area (Å²) in [4.78, 5) is 13.3. The van der Waals surface area contributed by atoms with Gasteiger partial charge in [-0.15, -0.1) is 6.42 Å². The molecule has 5 fully saturated rings. The molecule has 0 unspecified atom stereocenters.